The van der Waals surface area contributed by atoms with Crippen molar-refractivity contribution < 1.29 is 4.79 Å². The van der Waals surface area contributed by atoms with Crippen LogP contribution < -0.4 is 0 Å². The molecule has 1 aromatic rings. The summed E-state index contributed by atoms with van der Waals surface area (Å²) >= 11 is 0. The smallest absolute Gasteiger partial charge is 0.141 e. The lowest BCUT2D eigenvalue weighted by atomic mass is 9.80. The van der Waals surface area contributed by atoms with Gasteiger partial charge >= 0.3 is 0 Å². The molecule has 0 radical (unpaired) electrons. The van der Waals surface area contributed by atoms with E-state index < -0.39 is 0 Å². The van der Waals surface area contributed by atoms with E-state index in [1.54, 1.807) is 6.20 Å². The third-order valence-corrected chi connectivity index (χ3v) is 3.33. The molecular formula is C13H17NO. The van der Waals surface area contributed by atoms with Gasteiger partial charge in [0.2, 0.25) is 0 Å². The quantitative estimate of drug-likeness (QED) is 0.753. The molecule has 0 bridgehead atoms. The Labute approximate surface area is 90.7 Å². The number of ketones is 1. The first-order valence-electron chi connectivity index (χ1n) is 5.71. The predicted octanol–water partition coefficient (Wildman–Crippen LogP) is 2.94. The van der Waals surface area contributed by atoms with Crippen LogP contribution in [0.25, 0.3) is 0 Å². The highest BCUT2D eigenvalue weighted by atomic mass is 16.1. The standard InChI is InChI=1S/C13H17NO/c1-10(12-7-2-3-8-14-12)13(15)9-11-5-4-6-11/h2-3,7-8,10-11H,4-6,9H2,1H3. The summed E-state index contributed by atoms with van der Waals surface area (Å²) in [5.74, 6) is 0.967. The molecule has 1 saturated carbocycles. The summed E-state index contributed by atoms with van der Waals surface area (Å²) in [6.07, 6.45) is 6.28. The monoisotopic (exact) mass is 203 g/mol. The summed E-state index contributed by atoms with van der Waals surface area (Å²) in [6.45, 7) is 1.96. The van der Waals surface area contributed by atoms with E-state index >= 15 is 0 Å². The molecule has 0 N–H and O–H groups in total. The van der Waals surface area contributed by atoms with E-state index in [1.807, 2.05) is 25.1 Å². The molecule has 2 heteroatoms. The summed E-state index contributed by atoms with van der Waals surface area (Å²) in [5.41, 5.74) is 0.904. The Bertz CT molecular complexity index is 330. The van der Waals surface area contributed by atoms with Crippen LogP contribution in [0.2, 0.25) is 0 Å². The Morgan fingerprint density at radius 1 is 1.53 bits per heavy atom. The minimum Gasteiger partial charge on any atom is -0.299 e. The Morgan fingerprint density at radius 3 is 2.87 bits per heavy atom. The van der Waals surface area contributed by atoms with Crippen molar-refractivity contribution in [3.8, 4) is 0 Å². The number of nitrogens with zero attached hydrogens (tertiary/aromatic N) is 1. The van der Waals surface area contributed by atoms with Gasteiger partial charge in [-0.15, -0.1) is 0 Å². The molecule has 2 rings (SSSR count). The first kappa shape index (κ1) is 10.3. The fraction of sp³-hybridized carbons (Fsp3) is 0.538. The maximum atomic E-state index is 11.9. The summed E-state index contributed by atoms with van der Waals surface area (Å²) < 4.78 is 0. The average molecular weight is 203 g/mol. The summed E-state index contributed by atoms with van der Waals surface area (Å²) in [7, 11) is 0. The third kappa shape index (κ3) is 2.44. The van der Waals surface area contributed by atoms with Crippen LogP contribution in [0.3, 0.4) is 0 Å². The van der Waals surface area contributed by atoms with Crippen molar-refractivity contribution in [3.05, 3.63) is 30.1 Å². The number of carbonyl (C=O) groups excluding carboxylic acids is 1. The molecule has 0 amide bonds. The number of hydrogen-bond donors (Lipinski definition) is 0. The molecule has 15 heavy (non-hydrogen) atoms. The molecule has 1 aliphatic rings. The van der Waals surface area contributed by atoms with Gasteiger partial charge in [0.25, 0.3) is 0 Å². The van der Waals surface area contributed by atoms with Crippen molar-refractivity contribution in [1.29, 1.82) is 0 Å². The van der Waals surface area contributed by atoms with E-state index in [9.17, 15) is 4.79 Å². The predicted molar refractivity (Wildman–Crippen MR) is 59.6 cm³/mol. The van der Waals surface area contributed by atoms with Gasteiger partial charge in [0.15, 0.2) is 0 Å². The second-order valence-corrected chi connectivity index (χ2v) is 4.44. The zero-order valence-electron chi connectivity index (χ0n) is 9.15. The van der Waals surface area contributed by atoms with Crippen molar-refractivity contribution in [2.24, 2.45) is 5.92 Å². The van der Waals surface area contributed by atoms with Gasteiger partial charge in [-0.2, -0.15) is 0 Å². The van der Waals surface area contributed by atoms with Crippen LogP contribution in [0.1, 0.15) is 44.2 Å². The van der Waals surface area contributed by atoms with Gasteiger partial charge in [0.05, 0.1) is 11.6 Å². The molecule has 1 aliphatic carbocycles. The molecule has 1 atom stereocenters. The zero-order chi connectivity index (χ0) is 10.7. The Morgan fingerprint density at radius 2 is 2.33 bits per heavy atom. The molecule has 80 valence electrons. The summed E-state index contributed by atoms with van der Waals surface area (Å²) in [6, 6.07) is 5.76. The largest absolute Gasteiger partial charge is 0.299 e. The Hall–Kier alpha value is -1.18. The Balaban J connectivity index is 1.94. The minimum absolute atomic E-state index is 0.0354. The van der Waals surface area contributed by atoms with Crippen molar-refractivity contribution in [2.45, 2.75) is 38.5 Å². The van der Waals surface area contributed by atoms with Crippen LogP contribution in [0, 0.1) is 5.92 Å². The maximum absolute atomic E-state index is 11.9. The Kier molecular flexibility index (Phi) is 3.14. The van der Waals surface area contributed by atoms with Crippen LogP contribution in [-0.2, 0) is 4.79 Å². The maximum Gasteiger partial charge on any atom is 0.141 e. The number of rotatable bonds is 4. The highest BCUT2D eigenvalue weighted by Gasteiger charge is 2.24. The lowest BCUT2D eigenvalue weighted by Gasteiger charge is -2.25. The van der Waals surface area contributed by atoms with Crippen molar-refractivity contribution >= 4 is 5.78 Å². The van der Waals surface area contributed by atoms with E-state index in [2.05, 4.69) is 4.98 Å². The molecule has 2 nitrogen and oxygen atoms in total. The van der Waals surface area contributed by atoms with Crippen LogP contribution in [0.5, 0.6) is 0 Å². The van der Waals surface area contributed by atoms with Gasteiger partial charge in [0.1, 0.15) is 5.78 Å². The average Bonchev–Trinajstić information content (AvgIpc) is 2.23. The van der Waals surface area contributed by atoms with Crippen LogP contribution >= 0.6 is 0 Å². The topological polar surface area (TPSA) is 30.0 Å². The number of Topliss-reactive ketones (excluding diaryl/α,β-unsaturated/α-hetero) is 1. The van der Waals surface area contributed by atoms with E-state index in [4.69, 9.17) is 0 Å². The summed E-state index contributed by atoms with van der Waals surface area (Å²) in [4.78, 5) is 16.1. The van der Waals surface area contributed by atoms with Crippen molar-refractivity contribution in [1.82, 2.24) is 4.98 Å². The first-order valence-corrected chi connectivity index (χ1v) is 5.71. The highest BCUT2D eigenvalue weighted by Crippen LogP contribution is 2.31. The second kappa shape index (κ2) is 4.56. The van der Waals surface area contributed by atoms with Gasteiger partial charge in [-0.25, -0.2) is 0 Å². The van der Waals surface area contributed by atoms with E-state index in [1.165, 1.54) is 19.3 Å². The molecule has 0 aromatic carbocycles. The van der Waals surface area contributed by atoms with Crippen LogP contribution in [-0.4, -0.2) is 10.8 Å². The minimum atomic E-state index is -0.0354. The lowest BCUT2D eigenvalue weighted by Crippen LogP contribution is -2.19. The molecule has 0 aliphatic heterocycles. The second-order valence-electron chi connectivity index (χ2n) is 4.44. The zero-order valence-corrected chi connectivity index (χ0v) is 9.15. The molecule has 1 unspecified atom stereocenters. The molecule has 0 spiro atoms. The van der Waals surface area contributed by atoms with Crippen LogP contribution in [0.15, 0.2) is 24.4 Å². The molecular weight excluding hydrogens is 186 g/mol. The molecule has 1 aromatic heterocycles. The highest BCUT2D eigenvalue weighted by molar-refractivity contribution is 5.85. The molecule has 1 heterocycles. The first-order chi connectivity index (χ1) is 7.27. The fourth-order valence-electron chi connectivity index (χ4n) is 1.96. The summed E-state index contributed by atoms with van der Waals surface area (Å²) in [5, 5.41) is 0. The van der Waals surface area contributed by atoms with Gasteiger partial charge < -0.3 is 0 Å². The van der Waals surface area contributed by atoms with Crippen molar-refractivity contribution in [3.63, 3.8) is 0 Å². The molecule has 1 fully saturated rings. The van der Waals surface area contributed by atoms with E-state index in [0.29, 0.717) is 11.7 Å². The van der Waals surface area contributed by atoms with Gasteiger partial charge in [0, 0.05) is 12.6 Å². The third-order valence-electron chi connectivity index (χ3n) is 3.33. The van der Waals surface area contributed by atoms with E-state index in [-0.39, 0.29) is 5.92 Å². The van der Waals surface area contributed by atoms with Gasteiger partial charge in [-0.3, -0.25) is 9.78 Å². The lowest BCUT2D eigenvalue weighted by molar-refractivity contribution is -0.121. The van der Waals surface area contributed by atoms with E-state index in [0.717, 1.165) is 12.1 Å². The number of hydrogen-bond acceptors (Lipinski definition) is 2. The fourth-order valence-corrected chi connectivity index (χ4v) is 1.96. The number of aromatic nitrogens is 1. The molecule has 0 saturated heterocycles. The van der Waals surface area contributed by atoms with Crippen molar-refractivity contribution in [2.75, 3.05) is 0 Å². The normalized spacial score (nSPS) is 18.2. The van der Waals surface area contributed by atoms with Gasteiger partial charge in [-0.1, -0.05) is 25.3 Å². The number of pyridine rings is 1. The van der Waals surface area contributed by atoms with Gasteiger partial charge in [-0.05, 0) is 25.0 Å². The van der Waals surface area contributed by atoms with Crippen LogP contribution in [0.4, 0.5) is 0 Å². The SMILES string of the molecule is CC(C(=O)CC1CCC1)c1ccccn1. The number of carbonyl (C=O) groups is 1.